The van der Waals surface area contributed by atoms with Crippen LogP contribution in [0.3, 0.4) is 0 Å². The van der Waals surface area contributed by atoms with Crippen molar-refractivity contribution in [3.8, 4) is 0 Å². The number of halogens is 3. The molecule has 1 atom stereocenters. The quantitative estimate of drug-likeness (QED) is 0.406. The Kier molecular flexibility index (Phi) is 7.15. The fourth-order valence-electron chi connectivity index (χ4n) is 3.11. The highest BCUT2D eigenvalue weighted by molar-refractivity contribution is 6.02. The van der Waals surface area contributed by atoms with Crippen molar-refractivity contribution in [2.24, 2.45) is 0 Å². The number of anilines is 2. The molecule has 2 heterocycles. The third-order valence-electron chi connectivity index (χ3n) is 4.89. The molecule has 13 heteroatoms. The van der Waals surface area contributed by atoms with E-state index in [0.717, 1.165) is 6.07 Å². The zero-order valence-electron chi connectivity index (χ0n) is 18.4. The van der Waals surface area contributed by atoms with Gasteiger partial charge in [-0.05, 0) is 38.6 Å². The van der Waals surface area contributed by atoms with Gasteiger partial charge in [0.2, 0.25) is 5.76 Å². The van der Waals surface area contributed by atoms with Gasteiger partial charge in [-0.15, -0.1) is 0 Å². The Labute approximate surface area is 192 Å². The van der Waals surface area contributed by atoms with Crippen LogP contribution in [0.15, 0.2) is 35.1 Å². The number of benzene rings is 1. The molecular weight excluding hydrogens is 455 g/mol. The highest BCUT2D eigenvalue weighted by atomic mass is 19.4. The van der Waals surface area contributed by atoms with Crippen LogP contribution < -0.4 is 21.7 Å². The SMILES string of the molecule is CNCc1c(N)ncnc1C(=O)NC(C)c1cc(C(=O)Nc2ccc(C)c(C(F)(F)F)c2)on1. The van der Waals surface area contributed by atoms with Gasteiger partial charge < -0.3 is 26.2 Å². The summed E-state index contributed by atoms with van der Waals surface area (Å²) in [6.45, 7) is 3.20. The van der Waals surface area contributed by atoms with Crippen LogP contribution in [0.1, 0.15) is 56.4 Å². The van der Waals surface area contributed by atoms with Gasteiger partial charge in [0.15, 0.2) is 0 Å². The molecule has 5 N–H and O–H groups in total. The Bertz CT molecular complexity index is 1210. The minimum absolute atomic E-state index is 0.0281. The molecule has 3 aromatic rings. The van der Waals surface area contributed by atoms with Crippen molar-refractivity contribution in [3.63, 3.8) is 0 Å². The third kappa shape index (κ3) is 5.49. The second-order valence-electron chi connectivity index (χ2n) is 7.41. The van der Waals surface area contributed by atoms with Gasteiger partial charge >= 0.3 is 6.18 Å². The van der Waals surface area contributed by atoms with E-state index in [9.17, 15) is 22.8 Å². The lowest BCUT2D eigenvalue weighted by Crippen LogP contribution is -2.30. The van der Waals surface area contributed by atoms with E-state index in [4.69, 9.17) is 10.3 Å². The first kappa shape index (κ1) is 24.6. The maximum Gasteiger partial charge on any atom is 0.416 e. The highest BCUT2D eigenvalue weighted by Gasteiger charge is 2.32. The standard InChI is InChI=1S/C21H22F3N7O3/c1-10-4-5-12(6-14(10)21(22,23)24)30-19(32)16-7-15(31-34-16)11(2)29-20(33)17-13(8-26-3)18(25)28-9-27-17/h4-7,9,11,26H,8H2,1-3H3,(H,29,33)(H,30,32)(H2,25,27,28). The number of rotatable bonds is 7. The Morgan fingerprint density at radius 3 is 2.59 bits per heavy atom. The van der Waals surface area contributed by atoms with Crippen molar-refractivity contribution < 1.29 is 27.3 Å². The Hall–Kier alpha value is -4.00. The fraction of sp³-hybridized carbons (Fsp3) is 0.286. The number of carbonyl (C=O) groups excluding carboxylic acids is 2. The molecule has 0 saturated carbocycles. The number of amides is 2. The van der Waals surface area contributed by atoms with Gasteiger partial charge in [0.1, 0.15) is 23.5 Å². The number of nitrogens with zero attached hydrogens (tertiary/aromatic N) is 3. The summed E-state index contributed by atoms with van der Waals surface area (Å²) in [6, 6.07) is 4.03. The summed E-state index contributed by atoms with van der Waals surface area (Å²) in [6.07, 6.45) is -3.39. The molecule has 0 bridgehead atoms. The van der Waals surface area contributed by atoms with Crippen LogP contribution in [0.25, 0.3) is 0 Å². The molecular formula is C21H22F3N7O3. The molecule has 10 nitrogen and oxygen atoms in total. The topological polar surface area (TPSA) is 148 Å². The minimum Gasteiger partial charge on any atom is -0.383 e. The molecule has 0 saturated heterocycles. The molecule has 34 heavy (non-hydrogen) atoms. The lowest BCUT2D eigenvalue weighted by Gasteiger charge is -2.13. The normalized spacial score (nSPS) is 12.3. The Morgan fingerprint density at radius 2 is 1.91 bits per heavy atom. The van der Waals surface area contributed by atoms with E-state index < -0.39 is 29.6 Å². The predicted molar refractivity (Wildman–Crippen MR) is 116 cm³/mol. The van der Waals surface area contributed by atoms with Crippen molar-refractivity contribution in [2.75, 3.05) is 18.1 Å². The van der Waals surface area contributed by atoms with Crippen molar-refractivity contribution in [3.05, 3.63) is 64.4 Å². The van der Waals surface area contributed by atoms with Crippen LogP contribution in [-0.4, -0.2) is 34.0 Å². The number of hydrogen-bond donors (Lipinski definition) is 4. The number of nitrogens with two attached hydrogens (primary N) is 1. The second kappa shape index (κ2) is 9.87. The molecule has 0 aliphatic heterocycles. The first-order valence-corrected chi connectivity index (χ1v) is 10.0. The van der Waals surface area contributed by atoms with Gasteiger partial charge in [0, 0.05) is 23.9 Å². The van der Waals surface area contributed by atoms with Gasteiger partial charge in [-0.2, -0.15) is 13.2 Å². The third-order valence-corrected chi connectivity index (χ3v) is 4.89. The van der Waals surface area contributed by atoms with Gasteiger partial charge in [0.05, 0.1) is 11.6 Å². The predicted octanol–water partition coefficient (Wildman–Crippen LogP) is 2.84. The van der Waals surface area contributed by atoms with Gasteiger partial charge in [-0.3, -0.25) is 9.59 Å². The van der Waals surface area contributed by atoms with E-state index in [-0.39, 0.29) is 40.8 Å². The minimum atomic E-state index is -4.56. The smallest absolute Gasteiger partial charge is 0.383 e. The van der Waals surface area contributed by atoms with Gasteiger partial charge in [0.25, 0.3) is 11.8 Å². The number of nitrogens with one attached hydrogen (secondary N) is 3. The molecule has 2 aromatic heterocycles. The van der Waals surface area contributed by atoms with Crippen molar-refractivity contribution >= 4 is 23.3 Å². The van der Waals surface area contributed by atoms with E-state index in [1.165, 1.54) is 31.5 Å². The Balaban J connectivity index is 1.71. The number of alkyl halides is 3. The highest BCUT2D eigenvalue weighted by Crippen LogP contribution is 2.33. The maximum atomic E-state index is 13.1. The average Bonchev–Trinajstić information content (AvgIpc) is 3.26. The van der Waals surface area contributed by atoms with Crippen LogP contribution in [0, 0.1) is 6.92 Å². The summed E-state index contributed by atoms with van der Waals surface area (Å²) in [5.41, 5.74) is 5.66. The lowest BCUT2D eigenvalue weighted by atomic mass is 10.1. The summed E-state index contributed by atoms with van der Waals surface area (Å²) in [5.74, 6) is -1.42. The molecule has 0 aliphatic rings. The number of aromatic nitrogens is 3. The van der Waals surface area contributed by atoms with E-state index >= 15 is 0 Å². The monoisotopic (exact) mass is 477 g/mol. The molecule has 0 spiro atoms. The molecule has 2 amide bonds. The molecule has 1 unspecified atom stereocenters. The Morgan fingerprint density at radius 1 is 1.18 bits per heavy atom. The van der Waals surface area contributed by atoms with Crippen LogP contribution in [0.5, 0.6) is 0 Å². The van der Waals surface area contributed by atoms with Gasteiger partial charge in [-0.1, -0.05) is 11.2 Å². The van der Waals surface area contributed by atoms with Crippen molar-refractivity contribution in [1.29, 1.82) is 0 Å². The summed E-state index contributed by atoms with van der Waals surface area (Å²) in [4.78, 5) is 33.0. The van der Waals surface area contributed by atoms with Crippen molar-refractivity contribution in [1.82, 2.24) is 25.8 Å². The molecule has 0 aliphatic carbocycles. The molecule has 180 valence electrons. The van der Waals surface area contributed by atoms with Crippen LogP contribution in [-0.2, 0) is 12.7 Å². The summed E-state index contributed by atoms with van der Waals surface area (Å²) >= 11 is 0. The molecule has 1 aromatic carbocycles. The zero-order chi connectivity index (χ0) is 25.0. The molecule has 0 fully saturated rings. The van der Waals surface area contributed by atoms with Gasteiger partial charge in [-0.25, -0.2) is 9.97 Å². The van der Waals surface area contributed by atoms with Crippen LogP contribution in [0.2, 0.25) is 0 Å². The molecule has 3 rings (SSSR count). The van der Waals surface area contributed by atoms with E-state index in [1.807, 2.05) is 0 Å². The maximum absolute atomic E-state index is 13.1. The zero-order valence-corrected chi connectivity index (χ0v) is 18.4. The number of hydrogen-bond acceptors (Lipinski definition) is 8. The summed E-state index contributed by atoms with van der Waals surface area (Å²) in [7, 11) is 1.68. The van der Waals surface area contributed by atoms with E-state index in [0.29, 0.717) is 5.56 Å². The number of carbonyl (C=O) groups is 2. The average molecular weight is 477 g/mol. The number of aryl methyl sites for hydroxylation is 1. The van der Waals surface area contributed by atoms with E-state index in [2.05, 4.69) is 31.1 Å². The first-order chi connectivity index (χ1) is 16.0. The van der Waals surface area contributed by atoms with E-state index in [1.54, 1.807) is 14.0 Å². The summed E-state index contributed by atoms with van der Waals surface area (Å²) in [5, 5.41) is 11.7. The second-order valence-corrected chi connectivity index (χ2v) is 7.41. The molecule has 0 radical (unpaired) electrons. The largest absolute Gasteiger partial charge is 0.416 e. The lowest BCUT2D eigenvalue weighted by molar-refractivity contribution is -0.138. The fourth-order valence-corrected chi connectivity index (χ4v) is 3.11. The van der Waals surface area contributed by atoms with Crippen LogP contribution >= 0.6 is 0 Å². The number of nitrogen functional groups attached to an aromatic ring is 1. The first-order valence-electron chi connectivity index (χ1n) is 10.0. The summed E-state index contributed by atoms with van der Waals surface area (Å²) < 4.78 is 44.3. The van der Waals surface area contributed by atoms with Crippen molar-refractivity contribution in [2.45, 2.75) is 32.6 Å². The van der Waals surface area contributed by atoms with Crippen LogP contribution in [0.4, 0.5) is 24.7 Å².